The van der Waals surface area contributed by atoms with Gasteiger partial charge in [0, 0.05) is 12.8 Å². The Hall–Kier alpha value is -1.11. The highest BCUT2D eigenvalue weighted by atomic mass is 79.9. The smallest absolute Gasteiger partial charge is 0.306 e. The van der Waals surface area contributed by atoms with Crippen molar-refractivity contribution in [3.63, 3.8) is 0 Å². The molecule has 5 nitrogen and oxygen atoms in total. The molecule has 1 aliphatic rings. The van der Waals surface area contributed by atoms with E-state index in [2.05, 4.69) is 22.9 Å². The third-order valence-electron chi connectivity index (χ3n) is 4.79. The van der Waals surface area contributed by atoms with Crippen molar-refractivity contribution in [2.45, 2.75) is 25.9 Å². The van der Waals surface area contributed by atoms with Gasteiger partial charge in [-0.25, -0.2) is 0 Å². The van der Waals surface area contributed by atoms with Crippen molar-refractivity contribution >= 4 is 21.9 Å². The molecule has 128 valence electrons. The Morgan fingerprint density at radius 1 is 1.39 bits per heavy atom. The number of aliphatic hydroxyl groups is 1. The summed E-state index contributed by atoms with van der Waals surface area (Å²) in [4.78, 5) is 11.1. The molecule has 2 rings (SSSR count). The fraction of sp³-hybridized carbons (Fsp3) is 0.588. The number of likely N-dealkylation sites (N-methyl/N-ethyl adjacent to an activating group) is 1. The van der Waals surface area contributed by atoms with Crippen molar-refractivity contribution in [2.75, 3.05) is 32.8 Å². The van der Waals surface area contributed by atoms with Crippen molar-refractivity contribution in [1.82, 2.24) is 0 Å². The SMILES string of the molecule is CC[N+]1(CC(O)COc2ccccc2Br)CCC(C(=O)O)CC1. The van der Waals surface area contributed by atoms with Crippen molar-refractivity contribution in [2.24, 2.45) is 5.92 Å². The lowest BCUT2D eigenvalue weighted by molar-refractivity contribution is -0.934. The number of rotatable bonds is 7. The van der Waals surface area contributed by atoms with Gasteiger partial charge in [0.1, 0.15) is 25.0 Å². The third-order valence-corrected chi connectivity index (χ3v) is 5.44. The Kier molecular flexibility index (Phi) is 6.44. The van der Waals surface area contributed by atoms with E-state index in [1.54, 1.807) is 0 Å². The molecule has 0 saturated carbocycles. The molecule has 1 saturated heterocycles. The summed E-state index contributed by atoms with van der Waals surface area (Å²) < 4.78 is 7.33. The van der Waals surface area contributed by atoms with E-state index in [1.807, 2.05) is 24.3 Å². The minimum Gasteiger partial charge on any atom is -0.489 e. The zero-order valence-corrected chi connectivity index (χ0v) is 15.0. The predicted molar refractivity (Wildman–Crippen MR) is 91.4 cm³/mol. The second kappa shape index (κ2) is 8.13. The molecule has 0 aliphatic carbocycles. The molecule has 23 heavy (non-hydrogen) atoms. The Bertz CT molecular complexity index is 529. The number of hydrogen-bond donors (Lipinski definition) is 2. The van der Waals surface area contributed by atoms with Crippen LogP contribution in [0.15, 0.2) is 28.7 Å². The first-order chi connectivity index (χ1) is 11.0. The summed E-state index contributed by atoms with van der Waals surface area (Å²) >= 11 is 3.42. The van der Waals surface area contributed by atoms with Gasteiger partial charge in [-0.1, -0.05) is 12.1 Å². The Labute approximate surface area is 145 Å². The lowest BCUT2D eigenvalue weighted by atomic mass is 9.94. The number of hydrogen-bond acceptors (Lipinski definition) is 3. The van der Waals surface area contributed by atoms with Crippen LogP contribution in [0.3, 0.4) is 0 Å². The number of nitrogens with zero attached hydrogens (tertiary/aromatic N) is 1. The number of likely N-dealkylation sites (tertiary alicyclic amines) is 1. The van der Waals surface area contributed by atoms with Gasteiger partial charge >= 0.3 is 5.97 Å². The maximum Gasteiger partial charge on any atom is 0.306 e. The average molecular weight is 387 g/mol. The minimum atomic E-state index is -0.697. The number of aliphatic hydroxyl groups excluding tert-OH is 1. The van der Waals surface area contributed by atoms with Gasteiger partial charge < -0.3 is 19.4 Å². The summed E-state index contributed by atoms with van der Waals surface area (Å²) in [6, 6.07) is 7.57. The summed E-state index contributed by atoms with van der Waals surface area (Å²) in [6.45, 7) is 5.46. The summed E-state index contributed by atoms with van der Waals surface area (Å²) in [5.41, 5.74) is 0. The minimum absolute atomic E-state index is 0.235. The standard InChI is InChI=1S/C17H24BrNO4/c1-2-19(9-7-13(8-10-19)17(21)22)11-14(20)12-23-16-6-4-3-5-15(16)18/h3-6,13-14,20H,2,7-12H2,1H3/p+1. The number of carboxylic acid groups (broad SMARTS) is 1. The molecule has 1 aromatic rings. The van der Waals surface area contributed by atoms with Crippen LogP contribution >= 0.6 is 15.9 Å². The van der Waals surface area contributed by atoms with E-state index < -0.39 is 12.1 Å². The molecule has 0 spiro atoms. The highest BCUT2D eigenvalue weighted by molar-refractivity contribution is 9.10. The summed E-state index contributed by atoms with van der Waals surface area (Å²) in [5, 5.41) is 19.5. The monoisotopic (exact) mass is 386 g/mol. The molecule has 1 heterocycles. The van der Waals surface area contributed by atoms with E-state index in [0.29, 0.717) is 19.4 Å². The molecule has 1 aliphatic heterocycles. The van der Waals surface area contributed by atoms with Crippen molar-refractivity contribution in [1.29, 1.82) is 0 Å². The fourth-order valence-electron chi connectivity index (χ4n) is 3.24. The molecular formula is C17H25BrNO4+. The van der Waals surface area contributed by atoms with Crippen LogP contribution in [-0.4, -0.2) is 59.6 Å². The maximum absolute atomic E-state index is 11.1. The highest BCUT2D eigenvalue weighted by Crippen LogP contribution is 2.26. The van der Waals surface area contributed by atoms with Crippen LogP contribution in [0.5, 0.6) is 5.75 Å². The quantitative estimate of drug-likeness (QED) is 0.706. The van der Waals surface area contributed by atoms with Crippen LogP contribution in [0, 0.1) is 5.92 Å². The predicted octanol–water partition coefficient (Wildman–Crippen LogP) is 2.52. The van der Waals surface area contributed by atoms with Crippen molar-refractivity contribution in [3.05, 3.63) is 28.7 Å². The van der Waals surface area contributed by atoms with E-state index in [-0.39, 0.29) is 12.5 Å². The average Bonchev–Trinajstić information content (AvgIpc) is 2.54. The van der Waals surface area contributed by atoms with Gasteiger partial charge in [0.15, 0.2) is 0 Å². The van der Waals surface area contributed by atoms with Crippen molar-refractivity contribution in [3.8, 4) is 5.75 Å². The molecule has 1 aromatic carbocycles. The van der Waals surface area contributed by atoms with Crippen LogP contribution < -0.4 is 4.74 Å². The van der Waals surface area contributed by atoms with Crippen LogP contribution in [-0.2, 0) is 4.79 Å². The lowest BCUT2D eigenvalue weighted by Crippen LogP contribution is -2.57. The topological polar surface area (TPSA) is 66.8 Å². The molecule has 1 unspecified atom stereocenters. The van der Waals surface area contributed by atoms with E-state index >= 15 is 0 Å². The maximum atomic E-state index is 11.1. The van der Waals surface area contributed by atoms with Gasteiger partial charge in [-0.2, -0.15) is 0 Å². The van der Waals surface area contributed by atoms with Crippen LogP contribution in [0.4, 0.5) is 0 Å². The van der Waals surface area contributed by atoms with Gasteiger partial charge in [0.25, 0.3) is 0 Å². The Balaban J connectivity index is 1.86. The van der Waals surface area contributed by atoms with Crippen LogP contribution in [0.1, 0.15) is 19.8 Å². The number of para-hydroxylation sites is 1. The number of carbonyl (C=O) groups is 1. The largest absolute Gasteiger partial charge is 0.489 e. The first-order valence-corrected chi connectivity index (χ1v) is 8.88. The summed E-state index contributed by atoms with van der Waals surface area (Å²) in [5.74, 6) is -0.211. The normalized spacial score (nSPS) is 25.8. The van der Waals surface area contributed by atoms with Gasteiger partial charge in [0.05, 0.1) is 30.0 Å². The van der Waals surface area contributed by atoms with Gasteiger partial charge in [-0.3, -0.25) is 4.79 Å². The molecule has 0 amide bonds. The summed E-state index contributed by atoms with van der Waals surface area (Å²) in [7, 11) is 0. The molecular weight excluding hydrogens is 362 g/mol. The first kappa shape index (κ1) is 18.2. The number of ether oxygens (including phenoxy) is 1. The van der Waals surface area contributed by atoms with E-state index in [1.165, 1.54) is 0 Å². The molecule has 0 bridgehead atoms. The molecule has 2 N–H and O–H groups in total. The van der Waals surface area contributed by atoms with Gasteiger partial charge in [-0.05, 0) is 35.0 Å². The number of piperidine rings is 1. The number of halogens is 1. The highest BCUT2D eigenvalue weighted by Gasteiger charge is 2.36. The van der Waals surface area contributed by atoms with Crippen LogP contribution in [0.2, 0.25) is 0 Å². The van der Waals surface area contributed by atoms with Gasteiger partial charge in [0.2, 0.25) is 0 Å². The van der Waals surface area contributed by atoms with Gasteiger partial charge in [-0.15, -0.1) is 0 Å². The second-order valence-electron chi connectivity index (χ2n) is 6.30. The molecule has 1 fully saturated rings. The molecule has 1 atom stereocenters. The first-order valence-electron chi connectivity index (χ1n) is 8.09. The number of carboxylic acids is 1. The third kappa shape index (κ3) is 4.93. The van der Waals surface area contributed by atoms with E-state index in [9.17, 15) is 9.90 Å². The molecule has 6 heteroatoms. The Morgan fingerprint density at radius 2 is 2.04 bits per heavy atom. The van der Waals surface area contributed by atoms with E-state index in [4.69, 9.17) is 9.84 Å². The van der Waals surface area contributed by atoms with E-state index in [0.717, 1.165) is 34.3 Å². The number of quaternary nitrogens is 1. The summed E-state index contributed by atoms with van der Waals surface area (Å²) in [6.07, 6.45) is 0.797. The lowest BCUT2D eigenvalue weighted by Gasteiger charge is -2.43. The zero-order chi connectivity index (χ0) is 16.9. The molecule has 0 radical (unpaired) electrons. The second-order valence-corrected chi connectivity index (χ2v) is 7.15. The van der Waals surface area contributed by atoms with Crippen molar-refractivity contribution < 1.29 is 24.2 Å². The fourth-order valence-corrected chi connectivity index (χ4v) is 3.64. The zero-order valence-electron chi connectivity index (χ0n) is 13.4. The molecule has 0 aromatic heterocycles. The number of benzene rings is 1. The number of aliphatic carboxylic acids is 1. The van der Waals surface area contributed by atoms with Crippen LogP contribution in [0.25, 0.3) is 0 Å². The Morgan fingerprint density at radius 3 is 2.61 bits per heavy atom.